The average molecular weight is 499 g/mol. The van der Waals surface area contributed by atoms with Gasteiger partial charge in [0.25, 0.3) is 5.56 Å². The molecule has 37 heavy (non-hydrogen) atoms. The quantitative estimate of drug-likeness (QED) is 0.454. The smallest absolute Gasteiger partial charge is 0.345 e. The summed E-state index contributed by atoms with van der Waals surface area (Å²) in [5.41, 5.74) is 1.51. The summed E-state index contributed by atoms with van der Waals surface area (Å²) in [5.74, 6) is 2.00. The first-order valence-corrected chi connectivity index (χ1v) is 12.9. The highest BCUT2D eigenvalue weighted by atomic mass is 16.3. The Morgan fingerprint density at radius 1 is 1.03 bits per heavy atom. The molecule has 4 saturated carbocycles. The Morgan fingerprint density at radius 3 is 2.27 bits per heavy atom. The highest BCUT2D eigenvalue weighted by Crippen LogP contribution is 2.60. The van der Waals surface area contributed by atoms with Gasteiger partial charge in [0.05, 0.1) is 11.9 Å². The van der Waals surface area contributed by atoms with Crippen molar-refractivity contribution in [2.75, 3.05) is 5.32 Å². The number of aryl methyl sites for hydroxylation is 1. The number of para-hydroxylation sites is 1. The lowest BCUT2D eigenvalue weighted by atomic mass is 9.48. The van der Waals surface area contributed by atoms with Crippen molar-refractivity contribution in [2.45, 2.75) is 50.9 Å². The Bertz CT molecular complexity index is 1480. The number of rotatable bonds is 4. The van der Waals surface area contributed by atoms with Crippen molar-refractivity contribution in [1.82, 2.24) is 9.55 Å². The minimum atomic E-state index is -0.830. The minimum Gasteiger partial charge on any atom is -0.493 e. The molecule has 190 valence electrons. The predicted octanol–water partition coefficient (Wildman–Crippen LogP) is 4.66. The van der Waals surface area contributed by atoms with Crippen LogP contribution in [0.1, 0.15) is 55.2 Å². The summed E-state index contributed by atoms with van der Waals surface area (Å²) in [4.78, 5) is 43.2. The maximum atomic E-state index is 12.5. The third-order valence-electron chi connectivity index (χ3n) is 8.57. The molecule has 3 aromatic rings. The number of nitrogens with zero attached hydrogens (tertiary/aromatic N) is 2. The summed E-state index contributed by atoms with van der Waals surface area (Å²) in [6.07, 6.45) is 8.99. The van der Waals surface area contributed by atoms with Crippen LogP contribution in [0.2, 0.25) is 0 Å². The van der Waals surface area contributed by atoms with E-state index in [0.29, 0.717) is 11.4 Å². The number of hydrogen-bond donors (Lipinski definition) is 3. The van der Waals surface area contributed by atoms with E-state index >= 15 is 0 Å². The second-order valence-electron chi connectivity index (χ2n) is 11.1. The van der Waals surface area contributed by atoms with E-state index in [1.807, 2.05) is 12.1 Å². The van der Waals surface area contributed by atoms with E-state index < -0.39 is 23.2 Å². The fraction of sp³-hybridized carbons (Fsp3) is 0.379. The largest absolute Gasteiger partial charge is 0.493 e. The Hall–Kier alpha value is -3.94. The lowest BCUT2D eigenvalue weighted by Gasteiger charge is -2.57. The topological polar surface area (TPSA) is 117 Å². The van der Waals surface area contributed by atoms with Gasteiger partial charge >= 0.3 is 11.7 Å². The highest BCUT2D eigenvalue weighted by Gasteiger charge is 2.51. The van der Waals surface area contributed by atoms with Gasteiger partial charge in [-0.05, 0) is 97.9 Å². The molecule has 2 amide bonds. The first-order chi connectivity index (χ1) is 17.8. The van der Waals surface area contributed by atoms with Crippen LogP contribution in [0.4, 0.5) is 10.5 Å². The number of urea groups is 1. The van der Waals surface area contributed by atoms with Crippen molar-refractivity contribution in [3.05, 3.63) is 86.1 Å². The molecule has 0 spiro atoms. The maximum Gasteiger partial charge on any atom is 0.345 e. The van der Waals surface area contributed by atoms with E-state index in [0.717, 1.165) is 34.1 Å². The van der Waals surface area contributed by atoms with Crippen LogP contribution >= 0.6 is 0 Å². The Morgan fingerprint density at radius 2 is 1.65 bits per heavy atom. The SMILES string of the molecule is Cc1ccccc1-n1c(O)c(C=NC(=O)Nc2ccc(C34CC5CC(CC(C5)C3)C4)cc2)c(=O)[nH]c1=O. The summed E-state index contributed by atoms with van der Waals surface area (Å²) in [6.45, 7) is 1.78. The lowest BCUT2D eigenvalue weighted by Crippen LogP contribution is -2.48. The van der Waals surface area contributed by atoms with Gasteiger partial charge in [-0.25, -0.2) is 19.1 Å². The van der Waals surface area contributed by atoms with Crippen molar-refractivity contribution in [1.29, 1.82) is 0 Å². The second-order valence-corrected chi connectivity index (χ2v) is 11.1. The number of aromatic hydroxyl groups is 1. The molecule has 7 rings (SSSR count). The number of carbonyl (C=O) groups excluding carboxylic acids is 1. The number of hydrogen-bond acceptors (Lipinski definition) is 4. The summed E-state index contributed by atoms with van der Waals surface area (Å²) in [7, 11) is 0. The zero-order valence-corrected chi connectivity index (χ0v) is 20.7. The van der Waals surface area contributed by atoms with Crippen LogP contribution in [-0.4, -0.2) is 26.9 Å². The molecule has 4 fully saturated rings. The second kappa shape index (κ2) is 8.87. The van der Waals surface area contributed by atoms with Crippen molar-refractivity contribution in [2.24, 2.45) is 22.7 Å². The molecule has 4 aliphatic rings. The van der Waals surface area contributed by atoms with Gasteiger partial charge in [0.15, 0.2) is 0 Å². The predicted molar refractivity (Wildman–Crippen MR) is 142 cm³/mol. The molecule has 0 unspecified atom stereocenters. The molecule has 3 N–H and O–H groups in total. The normalized spacial score (nSPS) is 26.0. The van der Waals surface area contributed by atoms with Crippen molar-refractivity contribution < 1.29 is 9.90 Å². The summed E-state index contributed by atoms with van der Waals surface area (Å²) in [6, 6.07) is 14.3. The number of amides is 2. The van der Waals surface area contributed by atoms with Crippen LogP contribution in [0.15, 0.2) is 63.1 Å². The standard InChI is InChI=1S/C29H30N4O4/c1-17-4-2-3-5-24(17)33-26(35)23(25(34)32-28(33)37)16-30-27(36)31-22-8-6-21(7-9-22)29-13-18-10-19(14-29)12-20(11-18)15-29/h2-9,16,18-20,35H,10-15H2,1H3,(H,31,36)(H,32,34,37). The molecular weight excluding hydrogens is 468 g/mol. The number of aromatic nitrogens is 2. The fourth-order valence-electron chi connectivity index (χ4n) is 7.34. The molecule has 4 bridgehead atoms. The Balaban J connectivity index is 1.20. The van der Waals surface area contributed by atoms with E-state index in [9.17, 15) is 19.5 Å². The maximum absolute atomic E-state index is 12.5. The average Bonchev–Trinajstić information content (AvgIpc) is 2.84. The van der Waals surface area contributed by atoms with E-state index in [1.165, 1.54) is 44.1 Å². The minimum absolute atomic E-state index is 0.282. The lowest BCUT2D eigenvalue weighted by molar-refractivity contribution is -0.00518. The van der Waals surface area contributed by atoms with Gasteiger partial charge < -0.3 is 10.4 Å². The van der Waals surface area contributed by atoms with Crippen LogP contribution < -0.4 is 16.6 Å². The number of H-pyrrole nitrogens is 1. The molecule has 0 saturated heterocycles. The van der Waals surface area contributed by atoms with Gasteiger partial charge in [-0.1, -0.05) is 30.3 Å². The van der Waals surface area contributed by atoms with E-state index in [4.69, 9.17) is 0 Å². The number of nitrogens with one attached hydrogen (secondary N) is 2. The van der Waals surface area contributed by atoms with Crippen molar-refractivity contribution in [3.8, 4) is 11.6 Å². The third kappa shape index (κ3) is 4.20. The van der Waals surface area contributed by atoms with E-state index in [1.54, 1.807) is 31.2 Å². The monoisotopic (exact) mass is 498 g/mol. The van der Waals surface area contributed by atoms with Gasteiger partial charge in [0.2, 0.25) is 5.88 Å². The summed E-state index contributed by atoms with van der Waals surface area (Å²) < 4.78 is 0.985. The van der Waals surface area contributed by atoms with Crippen LogP contribution in [0.25, 0.3) is 5.69 Å². The number of aliphatic imine (C=N–C) groups is 1. The van der Waals surface area contributed by atoms with Crippen LogP contribution in [0.3, 0.4) is 0 Å². The molecule has 0 aliphatic heterocycles. The van der Waals surface area contributed by atoms with Crippen LogP contribution in [0.5, 0.6) is 5.88 Å². The Kier molecular flexibility index (Phi) is 5.62. The van der Waals surface area contributed by atoms with Gasteiger partial charge in [-0.2, -0.15) is 0 Å². The van der Waals surface area contributed by atoms with Gasteiger partial charge in [-0.15, -0.1) is 0 Å². The number of carbonyl (C=O) groups is 1. The molecule has 1 heterocycles. The molecule has 8 heteroatoms. The molecule has 0 atom stereocenters. The van der Waals surface area contributed by atoms with Crippen LogP contribution in [0, 0.1) is 24.7 Å². The summed E-state index contributed by atoms with van der Waals surface area (Å²) in [5, 5.41) is 13.4. The van der Waals surface area contributed by atoms with Gasteiger partial charge in [0.1, 0.15) is 5.56 Å². The number of benzene rings is 2. The van der Waals surface area contributed by atoms with Gasteiger partial charge in [0, 0.05) is 5.69 Å². The molecule has 2 aromatic carbocycles. The van der Waals surface area contributed by atoms with E-state index in [-0.39, 0.29) is 11.0 Å². The number of aromatic amines is 1. The number of anilines is 1. The van der Waals surface area contributed by atoms with Crippen molar-refractivity contribution in [3.63, 3.8) is 0 Å². The molecule has 8 nitrogen and oxygen atoms in total. The molecule has 4 aliphatic carbocycles. The van der Waals surface area contributed by atoms with Gasteiger partial charge in [-0.3, -0.25) is 9.78 Å². The van der Waals surface area contributed by atoms with Crippen molar-refractivity contribution >= 4 is 17.9 Å². The first-order valence-electron chi connectivity index (χ1n) is 12.9. The highest BCUT2D eigenvalue weighted by molar-refractivity contribution is 5.98. The molecular formula is C29H30N4O4. The summed E-state index contributed by atoms with van der Waals surface area (Å²) >= 11 is 0. The molecule has 0 radical (unpaired) electrons. The van der Waals surface area contributed by atoms with E-state index in [2.05, 4.69) is 27.4 Å². The Labute approximate surface area is 214 Å². The van der Waals surface area contributed by atoms with Crippen LogP contribution in [-0.2, 0) is 5.41 Å². The zero-order chi connectivity index (χ0) is 25.7. The zero-order valence-electron chi connectivity index (χ0n) is 20.7. The third-order valence-corrected chi connectivity index (χ3v) is 8.57. The fourth-order valence-corrected chi connectivity index (χ4v) is 7.34. The first kappa shape index (κ1) is 23.5. The molecule has 1 aromatic heterocycles.